The number of anilines is 10. The topological polar surface area (TPSA) is 503 Å². The third kappa shape index (κ3) is 30.9. The molecule has 0 aliphatic rings. The van der Waals surface area contributed by atoms with E-state index in [0.29, 0.717) is 113 Å². The first-order chi connectivity index (χ1) is 66.5. The Balaban J connectivity index is 0.000000267. The first-order valence-corrected chi connectivity index (χ1v) is 42.4. The number of benzene rings is 10. The fourth-order valence-corrected chi connectivity index (χ4v) is 12.7. The summed E-state index contributed by atoms with van der Waals surface area (Å²) >= 11 is 6.15. The van der Waals surface area contributed by atoms with E-state index in [4.69, 9.17) is 68.4 Å². The van der Waals surface area contributed by atoms with E-state index in [9.17, 15) is 91.0 Å². The van der Waals surface area contributed by atoms with Crippen LogP contribution < -0.4 is 110 Å². The molecule has 0 aliphatic heterocycles. The lowest BCUT2D eigenvalue weighted by molar-refractivity contribution is -0.116. The second-order valence-corrected chi connectivity index (χ2v) is 29.0. The molecule has 0 atom stereocenters. The molecule has 0 radical (unpaired) electrons. The second kappa shape index (κ2) is 55.4. The molecule has 139 heavy (non-hydrogen) atoms. The Morgan fingerprint density at radius 2 is 0.568 bits per heavy atom. The summed E-state index contributed by atoms with van der Waals surface area (Å²) in [5.74, 6) is -3.58. The van der Waals surface area contributed by atoms with Gasteiger partial charge in [0.05, 0.1) is 135 Å². The van der Waals surface area contributed by atoms with Crippen molar-refractivity contribution in [2.45, 2.75) is 99.8 Å². The molecule has 0 saturated heterocycles. The Hall–Kier alpha value is -15.7. The number of aliphatic hydroxyl groups excluding tert-OH is 5. The van der Waals surface area contributed by atoms with Crippen LogP contribution in [0.1, 0.15) is 146 Å². The van der Waals surface area contributed by atoms with Gasteiger partial charge in [0.1, 0.15) is 11.6 Å². The highest BCUT2D eigenvalue weighted by Crippen LogP contribution is 2.44. The molecule has 42 heteroatoms. The maximum Gasteiger partial charge on any atom is 0.258 e. The first-order valence-electron chi connectivity index (χ1n) is 42.0. The van der Waals surface area contributed by atoms with Crippen molar-refractivity contribution in [3.8, 4) is 69.0 Å². The summed E-state index contributed by atoms with van der Waals surface area (Å²) in [4.78, 5) is 121. The summed E-state index contributed by atoms with van der Waals surface area (Å²) in [5.41, 5.74) is 3.66. The van der Waals surface area contributed by atoms with Crippen molar-refractivity contribution in [3.05, 3.63) is 223 Å². The Morgan fingerprint density at radius 3 is 0.914 bits per heavy atom. The van der Waals surface area contributed by atoms with E-state index >= 15 is 0 Å². The Kier molecular flexibility index (Phi) is 44.6. The summed E-state index contributed by atoms with van der Waals surface area (Å²) in [5, 5.41) is 73.1. The van der Waals surface area contributed by atoms with Gasteiger partial charge in [0.25, 0.3) is 29.5 Å². The van der Waals surface area contributed by atoms with Crippen LogP contribution >= 0.6 is 11.6 Å². The molecule has 10 aromatic carbocycles. The van der Waals surface area contributed by atoms with Gasteiger partial charge in [0.15, 0.2) is 63.4 Å². The zero-order valence-corrected chi connectivity index (χ0v) is 79.7. The van der Waals surface area contributed by atoms with Crippen LogP contribution in [0.4, 0.5) is 74.4 Å². The largest absolute Gasteiger partial charge is 0.494 e. The molecule has 744 valence electrons. The van der Waals surface area contributed by atoms with Gasteiger partial charge in [-0.25, -0.2) is 17.6 Å². The number of hydrogen-bond donors (Lipinski definition) is 15. The van der Waals surface area contributed by atoms with E-state index in [2.05, 4.69) is 53.2 Å². The number of methoxy groups -OCH3 is 12. The summed E-state index contributed by atoms with van der Waals surface area (Å²) < 4.78 is 119. The number of aliphatic hydroxyl groups is 5. The highest BCUT2D eigenvalue weighted by Gasteiger charge is 2.26. The second-order valence-electron chi connectivity index (χ2n) is 28.6. The lowest BCUT2D eigenvalue weighted by atomic mass is 10.1. The third-order valence-electron chi connectivity index (χ3n) is 19.7. The van der Waals surface area contributed by atoms with Crippen molar-refractivity contribution < 1.29 is 148 Å². The minimum Gasteiger partial charge on any atom is -0.494 e. The quantitative estimate of drug-likeness (QED) is 0.0161. The number of nitrogens with one attached hydrogen (secondary N) is 10. The Morgan fingerprint density at radius 1 is 0.259 bits per heavy atom. The standard InChI is InChI=1S/3C20H23FN2O6.C19H21ClN2O5.C18H19FN2O4/c1-5-18(25)23-15-9-13(14(21)6-11(15)10-24)20(26)22-12-7-16(27-2)19(29-4)17(8-12)28-3;1-5-18(25)23-15-7-11(6-14(21)13(15)10-24)20(26)22-12-8-16(27-2)19(29-4)17(9-12)28-3;1-5-17(25)23-14-7-11(6-12(10-24)18(14)21)20(26)22-13-8-15(27-2)19(29-4)16(9-13)28-3;1-4-17(24)22-15-7-11(5-6-12(15)10-23)19(25)21-13-8-14(20)18(27-3)16(9-13)26-2;1-3-17(23)21-15-8-11(4-5-12(15)10-22)18(24)20-13-6-7-16(25-2)14(19)9-13/h3*6-9,24H,5,10H2,1-4H3,(H,22,26)(H,23,25);5-9,23H,4,10H2,1-3H3,(H,21,25)(H,22,24);4-9,22H,3,10H2,1-2H3,(H,20,24)(H,21,23). The van der Waals surface area contributed by atoms with Crippen LogP contribution in [0.15, 0.2) is 140 Å². The van der Waals surface area contributed by atoms with Crippen LogP contribution in [0.3, 0.4) is 0 Å². The Bertz CT molecular complexity index is 6000. The lowest BCUT2D eigenvalue weighted by Gasteiger charge is -2.15. The molecule has 10 aromatic rings. The molecule has 0 unspecified atom stereocenters. The molecule has 37 nitrogen and oxygen atoms in total. The van der Waals surface area contributed by atoms with Gasteiger partial charge in [0, 0.05) is 182 Å². The fourth-order valence-electron chi connectivity index (χ4n) is 12.4. The van der Waals surface area contributed by atoms with Gasteiger partial charge in [0.2, 0.25) is 46.8 Å². The van der Waals surface area contributed by atoms with E-state index in [0.717, 1.165) is 18.2 Å². The zero-order chi connectivity index (χ0) is 103. The Labute approximate surface area is 802 Å². The predicted molar refractivity (Wildman–Crippen MR) is 512 cm³/mol. The van der Waals surface area contributed by atoms with Crippen LogP contribution in [0.5, 0.6) is 69.0 Å². The maximum absolute atomic E-state index is 14.4. The van der Waals surface area contributed by atoms with Gasteiger partial charge in [-0.15, -0.1) is 0 Å². The molecule has 0 aromatic heterocycles. The molecule has 0 heterocycles. The average Bonchev–Trinajstić information content (AvgIpc) is 0.803. The van der Waals surface area contributed by atoms with Crippen LogP contribution in [-0.2, 0) is 57.0 Å². The zero-order valence-electron chi connectivity index (χ0n) is 79.0. The number of amides is 10. The SMILES string of the molecule is CCC(=O)Nc1cc(C(=O)Nc2cc(Cl)c(OC)c(OC)c2)ccc1CO.CCC(=O)Nc1cc(C(=O)Nc2cc(OC)c(OC)c(OC)c2)c(F)cc1CO.CCC(=O)Nc1cc(C(=O)Nc2cc(OC)c(OC)c(OC)c2)cc(CO)c1F.CCC(=O)Nc1cc(C(=O)Nc2cc(OC)c(OC)c(OC)c2)cc(F)c1CO.CCC(=O)Nc1cc(C(=O)Nc2ccc(OC)c(F)c2)ccc1CO. The number of ether oxygens (including phenoxy) is 12. The average molecular weight is 1960 g/mol. The minimum absolute atomic E-state index is 0.0365. The minimum atomic E-state index is -0.839. The molecule has 15 N–H and O–H groups in total. The molecular formula is C97H109ClF4N10O27. The number of rotatable bonds is 37. The third-order valence-corrected chi connectivity index (χ3v) is 20.0. The van der Waals surface area contributed by atoms with Gasteiger partial charge >= 0.3 is 0 Å². The van der Waals surface area contributed by atoms with Gasteiger partial charge in [-0.3, -0.25) is 47.9 Å². The highest BCUT2D eigenvalue weighted by molar-refractivity contribution is 6.32. The molecule has 0 bridgehead atoms. The molecule has 0 saturated carbocycles. The normalized spacial score (nSPS) is 10.3. The number of carbonyl (C=O) groups excluding carboxylic acids is 10. The molecule has 0 aliphatic carbocycles. The smallest absolute Gasteiger partial charge is 0.258 e. The molecule has 10 amide bonds. The van der Waals surface area contributed by atoms with Crippen molar-refractivity contribution >= 4 is 128 Å². The van der Waals surface area contributed by atoms with Crippen LogP contribution in [0.25, 0.3) is 0 Å². The summed E-state index contributed by atoms with van der Waals surface area (Å²) in [6.07, 6.45) is 1.04. The van der Waals surface area contributed by atoms with E-state index in [1.54, 1.807) is 65.0 Å². The van der Waals surface area contributed by atoms with Crippen LogP contribution in [0.2, 0.25) is 5.02 Å². The first kappa shape index (κ1) is 112. The molecule has 10 rings (SSSR count). The van der Waals surface area contributed by atoms with Crippen molar-refractivity contribution in [3.63, 3.8) is 0 Å². The van der Waals surface area contributed by atoms with Gasteiger partial charge in [-0.05, 0) is 78.9 Å². The highest BCUT2D eigenvalue weighted by atomic mass is 35.5. The predicted octanol–water partition coefficient (Wildman–Crippen LogP) is 15.2. The molecule has 0 fully saturated rings. The van der Waals surface area contributed by atoms with E-state index < -0.39 is 78.5 Å². The van der Waals surface area contributed by atoms with Crippen molar-refractivity contribution in [2.24, 2.45) is 0 Å². The molecular weight excluding hydrogens is 1850 g/mol. The summed E-state index contributed by atoms with van der Waals surface area (Å²) in [6.45, 7) is 6.02. The molecule has 0 spiro atoms. The van der Waals surface area contributed by atoms with Crippen LogP contribution in [0, 0.1) is 23.3 Å². The van der Waals surface area contributed by atoms with Gasteiger partial charge in [-0.2, -0.15) is 0 Å². The maximum atomic E-state index is 14.4. The van der Waals surface area contributed by atoms with Crippen molar-refractivity contribution in [1.29, 1.82) is 0 Å². The van der Waals surface area contributed by atoms with Crippen LogP contribution in [-0.4, -0.2) is 170 Å². The number of carbonyl (C=O) groups is 10. The summed E-state index contributed by atoms with van der Waals surface area (Å²) in [7, 11) is 17.3. The monoisotopic (exact) mass is 1960 g/mol. The van der Waals surface area contributed by atoms with E-state index in [1.807, 2.05) is 0 Å². The number of halogens is 5. The van der Waals surface area contributed by atoms with Gasteiger partial charge < -0.3 is 136 Å². The van der Waals surface area contributed by atoms with E-state index in [-0.39, 0.29) is 142 Å². The summed E-state index contributed by atoms with van der Waals surface area (Å²) in [6, 6.07) is 32.4. The van der Waals surface area contributed by atoms with Crippen molar-refractivity contribution in [2.75, 3.05) is 138 Å². The fraction of sp³-hybridized carbons (Fsp3) is 0.278. The number of hydrogen-bond acceptors (Lipinski definition) is 27. The van der Waals surface area contributed by atoms with Gasteiger partial charge in [-0.1, -0.05) is 58.4 Å². The van der Waals surface area contributed by atoms with Crippen molar-refractivity contribution in [1.82, 2.24) is 0 Å². The lowest BCUT2D eigenvalue weighted by Crippen LogP contribution is -2.17. The van der Waals surface area contributed by atoms with E-state index in [1.165, 1.54) is 176 Å².